The van der Waals surface area contributed by atoms with Crippen LogP contribution in [0.1, 0.15) is 24.4 Å². The number of hydrogen-bond donors (Lipinski definition) is 1. The number of rotatable bonds is 7. The third-order valence-electron chi connectivity index (χ3n) is 4.00. The molecule has 1 atom stereocenters. The van der Waals surface area contributed by atoms with E-state index < -0.39 is 0 Å². The Hall–Kier alpha value is -2.29. The van der Waals surface area contributed by atoms with E-state index in [9.17, 15) is 4.79 Å². The number of carbonyl (C=O) groups is 1. The minimum absolute atomic E-state index is 0.169. The van der Waals surface area contributed by atoms with Crippen molar-refractivity contribution in [2.24, 2.45) is 7.05 Å². The molecule has 1 N–H and O–H groups in total. The van der Waals surface area contributed by atoms with Gasteiger partial charge >= 0.3 is 0 Å². The molecule has 2 aromatic heterocycles. The van der Waals surface area contributed by atoms with Gasteiger partial charge in [-0.25, -0.2) is 4.98 Å². The molecule has 10 heteroatoms. The molecule has 2 heterocycles. The number of nitrogens with one attached hydrogen (secondary N) is 1. The Morgan fingerprint density at radius 1 is 1.28 bits per heavy atom. The molecule has 0 radical (unpaired) electrons. The van der Waals surface area contributed by atoms with Crippen LogP contribution in [0.15, 0.2) is 41.7 Å². The highest BCUT2D eigenvalue weighted by Gasteiger charge is 2.18. The topological polar surface area (TPSA) is 81.9 Å². The lowest BCUT2D eigenvalue weighted by Gasteiger charge is -2.15. The number of carbonyl (C=O) groups excluding carboxylic acids is 1. The van der Waals surface area contributed by atoms with Gasteiger partial charge in [-0.3, -0.25) is 4.79 Å². The summed E-state index contributed by atoms with van der Waals surface area (Å²) in [4.78, 5) is 16.2. The molecule has 0 saturated heterocycles. The quantitative estimate of drug-likeness (QED) is 0.524. The average Bonchev–Trinajstić information content (AvgIpc) is 3.05. The highest BCUT2D eigenvalue weighted by atomic mass is 35.5. The molecular weight excluding hydrogens is 433 g/mol. The monoisotopic (exact) mass is 451 g/mol. The van der Waals surface area contributed by atoms with Gasteiger partial charge < -0.3 is 14.6 Å². The summed E-state index contributed by atoms with van der Waals surface area (Å²) in [6, 6.07) is 8.79. The van der Waals surface area contributed by atoms with E-state index >= 15 is 0 Å². The van der Waals surface area contributed by atoms with Crippen molar-refractivity contribution in [3.63, 3.8) is 0 Å². The number of aromatic nitrogens is 4. The summed E-state index contributed by atoms with van der Waals surface area (Å²) in [6.45, 7) is 3.81. The standard InChI is InChI=1S/C19H19Cl2N5O2S/c1-11-8-14(5-6-15(11)21)28-12(2)18-24-25-19(26(18)3)29-10-17(27)23-16-7-4-13(20)9-22-16/h4-9,12H,10H2,1-3H3,(H,22,23,27). The van der Waals surface area contributed by atoms with Crippen molar-refractivity contribution in [3.05, 3.63) is 58.0 Å². The van der Waals surface area contributed by atoms with Gasteiger partial charge in [0, 0.05) is 18.3 Å². The molecule has 1 aromatic carbocycles. The van der Waals surface area contributed by atoms with E-state index in [1.165, 1.54) is 18.0 Å². The number of amides is 1. The third kappa shape index (κ3) is 5.62. The van der Waals surface area contributed by atoms with Gasteiger partial charge in [-0.1, -0.05) is 35.0 Å². The largest absolute Gasteiger partial charge is 0.483 e. The minimum atomic E-state index is -0.325. The van der Waals surface area contributed by atoms with Crippen molar-refractivity contribution in [1.82, 2.24) is 19.7 Å². The van der Waals surface area contributed by atoms with Gasteiger partial charge in [-0.2, -0.15) is 0 Å². The van der Waals surface area contributed by atoms with Crippen molar-refractivity contribution in [2.75, 3.05) is 11.1 Å². The third-order valence-corrected chi connectivity index (χ3v) is 5.67. The summed E-state index contributed by atoms with van der Waals surface area (Å²) in [6.07, 6.45) is 1.15. The highest BCUT2D eigenvalue weighted by Crippen LogP contribution is 2.26. The van der Waals surface area contributed by atoms with Gasteiger partial charge in [-0.05, 0) is 49.7 Å². The van der Waals surface area contributed by atoms with Gasteiger partial charge in [0.2, 0.25) is 5.91 Å². The molecule has 7 nitrogen and oxygen atoms in total. The second-order valence-electron chi connectivity index (χ2n) is 6.27. The predicted octanol–water partition coefficient (Wildman–Crippen LogP) is 4.70. The molecule has 0 aliphatic carbocycles. The van der Waals surface area contributed by atoms with Crippen LogP contribution in [0.5, 0.6) is 5.75 Å². The first-order chi connectivity index (χ1) is 13.8. The molecule has 3 aromatic rings. The van der Waals surface area contributed by atoms with E-state index in [0.29, 0.717) is 32.6 Å². The molecule has 1 amide bonds. The molecular formula is C19H19Cl2N5O2S. The number of benzene rings is 1. The van der Waals surface area contributed by atoms with Crippen LogP contribution in [0.4, 0.5) is 5.82 Å². The number of nitrogens with zero attached hydrogens (tertiary/aromatic N) is 4. The van der Waals surface area contributed by atoms with Crippen LogP contribution < -0.4 is 10.1 Å². The number of halogens is 2. The second-order valence-corrected chi connectivity index (χ2v) is 8.06. The molecule has 0 saturated carbocycles. The first-order valence-corrected chi connectivity index (χ1v) is 10.4. The van der Waals surface area contributed by atoms with E-state index in [2.05, 4.69) is 20.5 Å². The summed E-state index contributed by atoms with van der Waals surface area (Å²) in [5.41, 5.74) is 0.937. The second kappa shape index (κ2) is 9.47. The lowest BCUT2D eigenvalue weighted by Crippen LogP contribution is -2.15. The van der Waals surface area contributed by atoms with Crippen molar-refractivity contribution < 1.29 is 9.53 Å². The first kappa shape index (κ1) is 21.4. The smallest absolute Gasteiger partial charge is 0.236 e. The van der Waals surface area contributed by atoms with Crippen molar-refractivity contribution >= 4 is 46.7 Å². The Bertz CT molecular complexity index is 1010. The molecule has 0 aliphatic heterocycles. The van der Waals surface area contributed by atoms with E-state index in [-0.39, 0.29) is 17.8 Å². The van der Waals surface area contributed by atoms with Crippen molar-refractivity contribution in [3.8, 4) is 5.75 Å². The highest BCUT2D eigenvalue weighted by molar-refractivity contribution is 7.99. The number of anilines is 1. The van der Waals surface area contributed by atoms with Gasteiger partial charge in [-0.15, -0.1) is 10.2 Å². The normalized spacial score (nSPS) is 11.9. The maximum atomic E-state index is 12.1. The van der Waals surface area contributed by atoms with Gasteiger partial charge in [0.1, 0.15) is 11.6 Å². The van der Waals surface area contributed by atoms with Crippen LogP contribution in [0.25, 0.3) is 0 Å². The van der Waals surface area contributed by atoms with Crippen molar-refractivity contribution in [1.29, 1.82) is 0 Å². The predicted molar refractivity (Wildman–Crippen MR) is 115 cm³/mol. The lowest BCUT2D eigenvalue weighted by molar-refractivity contribution is -0.113. The summed E-state index contributed by atoms with van der Waals surface area (Å²) in [5.74, 6) is 1.77. The van der Waals surface area contributed by atoms with Gasteiger partial charge in [0.15, 0.2) is 17.1 Å². The Balaban J connectivity index is 1.58. The summed E-state index contributed by atoms with van der Waals surface area (Å²) in [7, 11) is 1.84. The zero-order chi connectivity index (χ0) is 21.0. The van der Waals surface area contributed by atoms with E-state index in [0.717, 1.165) is 5.56 Å². The number of ether oxygens (including phenoxy) is 1. The molecule has 3 rings (SSSR count). The van der Waals surface area contributed by atoms with Crippen LogP contribution in [-0.4, -0.2) is 31.4 Å². The molecule has 0 bridgehead atoms. The van der Waals surface area contributed by atoms with Gasteiger partial charge in [0.25, 0.3) is 0 Å². The van der Waals surface area contributed by atoms with Crippen LogP contribution in [0, 0.1) is 6.92 Å². The summed E-state index contributed by atoms with van der Waals surface area (Å²) in [5, 5.41) is 12.9. The van der Waals surface area contributed by atoms with E-state index in [4.69, 9.17) is 27.9 Å². The number of thioether (sulfide) groups is 1. The molecule has 0 fully saturated rings. The van der Waals surface area contributed by atoms with Crippen LogP contribution in [0.3, 0.4) is 0 Å². The van der Waals surface area contributed by atoms with Crippen LogP contribution in [-0.2, 0) is 11.8 Å². The van der Waals surface area contributed by atoms with Crippen molar-refractivity contribution in [2.45, 2.75) is 25.1 Å². The fraction of sp³-hybridized carbons (Fsp3) is 0.263. The molecule has 29 heavy (non-hydrogen) atoms. The average molecular weight is 452 g/mol. The Morgan fingerprint density at radius 2 is 2.07 bits per heavy atom. The maximum absolute atomic E-state index is 12.1. The molecule has 152 valence electrons. The van der Waals surface area contributed by atoms with Crippen LogP contribution in [0.2, 0.25) is 10.0 Å². The fourth-order valence-electron chi connectivity index (χ4n) is 2.51. The zero-order valence-corrected chi connectivity index (χ0v) is 18.3. The van der Waals surface area contributed by atoms with Gasteiger partial charge in [0.05, 0.1) is 10.8 Å². The number of pyridine rings is 1. The summed E-state index contributed by atoms with van der Waals surface area (Å²) < 4.78 is 7.77. The Labute approximate surface area is 182 Å². The number of aryl methyl sites for hydroxylation is 1. The van der Waals surface area contributed by atoms with Crippen LogP contribution >= 0.6 is 35.0 Å². The lowest BCUT2D eigenvalue weighted by atomic mass is 10.2. The zero-order valence-electron chi connectivity index (χ0n) is 16.0. The van der Waals surface area contributed by atoms with E-state index in [1.54, 1.807) is 18.2 Å². The number of hydrogen-bond acceptors (Lipinski definition) is 6. The molecule has 0 aliphatic rings. The molecule has 0 spiro atoms. The first-order valence-electron chi connectivity index (χ1n) is 8.70. The summed E-state index contributed by atoms with van der Waals surface area (Å²) >= 11 is 13.1. The Morgan fingerprint density at radius 3 is 2.76 bits per heavy atom. The fourth-order valence-corrected chi connectivity index (χ4v) is 3.46. The minimum Gasteiger partial charge on any atom is -0.483 e. The maximum Gasteiger partial charge on any atom is 0.236 e. The Kier molecular flexibility index (Phi) is 7.00. The SMILES string of the molecule is Cc1cc(OC(C)c2nnc(SCC(=O)Nc3ccc(Cl)cn3)n2C)ccc1Cl. The van der Waals surface area contributed by atoms with E-state index in [1.807, 2.05) is 37.6 Å². The molecule has 1 unspecified atom stereocenters.